The summed E-state index contributed by atoms with van der Waals surface area (Å²) >= 11 is 0. The average molecular weight is 213 g/mol. The fraction of sp³-hybridized carbons (Fsp3) is 0.300. The molecule has 0 atom stereocenters. The van der Waals surface area contributed by atoms with Crippen molar-refractivity contribution in [2.24, 2.45) is 5.73 Å². The van der Waals surface area contributed by atoms with Crippen molar-refractivity contribution in [3.05, 3.63) is 29.8 Å². The number of rotatable bonds is 4. The average Bonchev–Trinajstić information content (AvgIpc) is 2.19. The molecule has 1 aromatic rings. The van der Waals surface area contributed by atoms with Crippen LogP contribution in [0.2, 0.25) is 0 Å². The number of benzene rings is 1. The Morgan fingerprint density at radius 3 is 2.71 bits per heavy atom. The van der Waals surface area contributed by atoms with Gasteiger partial charge in [0.1, 0.15) is 11.8 Å². The summed E-state index contributed by atoms with van der Waals surface area (Å²) in [6.07, 6.45) is 0.805. The predicted octanol–water partition coefficient (Wildman–Crippen LogP) is 1.71. The number of ether oxygens (including phenoxy) is 1. The number of nitrogens with two attached hydrogens (primary N) is 1. The molecule has 0 bridgehead atoms. The van der Waals surface area contributed by atoms with Gasteiger partial charge in [-0.1, -0.05) is 12.1 Å². The van der Waals surface area contributed by atoms with E-state index in [1.807, 2.05) is 12.1 Å². The van der Waals surface area contributed by atoms with Gasteiger partial charge in [-0.25, -0.2) is 0 Å². The second-order valence-corrected chi connectivity index (χ2v) is 2.60. The molecule has 0 amide bonds. The number of nitriles is 1. The van der Waals surface area contributed by atoms with Crippen molar-refractivity contribution < 1.29 is 4.74 Å². The molecule has 0 aliphatic carbocycles. The number of hydrogen-bond donors (Lipinski definition) is 1. The van der Waals surface area contributed by atoms with Gasteiger partial charge in [-0.2, -0.15) is 5.26 Å². The number of halogens is 1. The number of para-hydroxylation sites is 1. The van der Waals surface area contributed by atoms with Crippen molar-refractivity contribution in [2.45, 2.75) is 6.42 Å². The molecule has 0 fully saturated rings. The largest absolute Gasteiger partial charge is 0.492 e. The second-order valence-electron chi connectivity index (χ2n) is 2.60. The Morgan fingerprint density at radius 2 is 2.07 bits per heavy atom. The molecule has 0 unspecified atom stereocenters. The highest BCUT2D eigenvalue weighted by Crippen LogP contribution is 2.16. The first-order valence-corrected chi connectivity index (χ1v) is 4.20. The fourth-order valence-electron chi connectivity index (χ4n) is 0.950. The van der Waals surface area contributed by atoms with Crippen LogP contribution < -0.4 is 10.5 Å². The summed E-state index contributed by atoms with van der Waals surface area (Å²) in [6, 6.07) is 9.25. The summed E-state index contributed by atoms with van der Waals surface area (Å²) in [5, 5.41) is 8.72. The summed E-state index contributed by atoms with van der Waals surface area (Å²) in [5.41, 5.74) is 5.89. The quantitative estimate of drug-likeness (QED) is 0.773. The molecule has 14 heavy (non-hydrogen) atoms. The Bertz CT molecular complexity index is 309. The van der Waals surface area contributed by atoms with Gasteiger partial charge < -0.3 is 10.5 Å². The van der Waals surface area contributed by atoms with E-state index in [1.54, 1.807) is 12.1 Å². The van der Waals surface area contributed by atoms with E-state index < -0.39 is 0 Å². The summed E-state index contributed by atoms with van der Waals surface area (Å²) < 4.78 is 5.37. The third kappa shape index (κ3) is 3.65. The molecular weight excluding hydrogens is 200 g/mol. The SMILES string of the molecule is Cl.N#Cc1ccccc1OCCCN. The second kappa shape index (κ2) is 7.19. The van der Waals surface area contributed by atoms with E-state index >= 15 is 0 Å². The zero-order chi connectivity index (χ0) is 9.52. The molecule has 4 heteroatoms. The van der Waals surface area contributed by atoms with Gasteiger partial charge in [-0.05, 0) is 25.1 Å². The lowest BCUT2D eigenvalue weighted by molar-refractivity contribution is 0.312. The van der Waals surface area contributed by atoms with Crippen molar-refractivity contribution in [1.29, 1.82) is 5.26 Å². The maximum absolute atomic E-state index is 8.72. The highest BCUT2D eigenvalue weighted by atomic mass is 35.5. The molecule has 0 heterocycles. The molecule has 1 rings (SSSR count). The number of nitrogens with zero attached hydrogens (tertiary/aromatic N) is 1. The smallest absolute Gasteiger partial charge is 0.137 e. The van der Waals surface area contributed by atoms with E-state index in [9.17, 15) is 0 Å². The maximum Gasteiger partial charge on any atom is 0.137 e. The third-order valence-electron chi connectivity index (χ3n) is 1.61. The predicted molar refractivity (Wildman–Crippen MR) is 57.6 cm³/mol. The van der Waals surface area contributed by atoms with Crippen molar-refractivity contribution >= 4 is 12.4 Å². The van der Waals surface area contributed by atoms with Crippen LogP contribution >= 0.6 is 12.4 Å². The highest BCUT2D eigenvalue weighted by Gasteiger charge is 1.99. The summed E-state index contributed by atoms with van der Waals surface area (Å²) in [6.45, 7) is 1.17. The minimum atomic E-state index is 0. The van der Waals surface area contributed by atoms with Crippen LogP contribution in [0.3, 0.4) is 0 Å². The van der Waals surface area contributed by atoms with Gasteiger partial charge in [0.15, 0.2) is 0 Å². The van der Waals surface area contributed by atoms with Gasteiger partial charge in [0.2, 0.25) is 0 Å². The van der Waals surface area contributed by atoms with Crippen LogP contribution in [0.1, 0.15) is 12.0 Å². The molecule has 0 aliphatic rings. The Kier molecular flexibility index (Phi) is 6.55. The molecule has 0 saturated carbocycles. The topological polar surface area (TPSA) is 59.0 Å². The van der Waals surface area contributed by atoms with Crippen LogP contribution in [0.15, 0.2) is 24.3 Å². The van der Waals surface area contributed by atoms with Crippen molar-refractivity contribution in [2.75, 3.05) is 13.2 Å². The van der Waals surface area contributed by atoms with Crippen LogP contribution in [0.25, 0.3) is 0 Å². The Morgan fingerprint density at radius 1 is 1.36 bits per heavy atom. The van der Waals surface area contributed by atoms with E-state index in [0.29, 0.717) is 24.5 Å². The molecule has 0 spiro atoms. The summed E-state index contributed by atoms with van der Waals surface area (Å²) in [4.78, 5) is 0. The first-order valence-electron chi connectivity index (χ1n) is 4.20. The summed E-state index contributed by atoms with van der Waals surface area (Å²) in [7, 11) is 0. The van der Waals surface area contributed by atoms with Crippen LogP contribution in [0.4, 0.5) is 0 Å². The lowest BCUT2D eigenvalue weighted by atomic mass is 10.2. The third-order valence-corrected chi connectivity index (χ3v) is 1.61. The van der Waals surface area contributed by atoms with Gasteiger partial charge in [-0.3, -0.25) is 0 Å². The Labute approximate surface area is 89.9 Å². The van der Waals surface area contributed by atoms with Gasteiger partial charge in [0.25, 0.3) is 0 Å². The molecular formula is C10H13ClN2O. The first-order chi connectivity index (χ1) is 6.38. The van der Waals surface area contributed by atoms with E-state index in [4.69, 9.17) is 15.7 Å². The van der Waals surface area contributed by atoms with E-state index in [0.717, 1.165) is 6.42 Å². The van der Waals surface area contributed by atoms with Crippen molar-refractivity contribution in [3.63, 3.8) is 0 Å². The minimum absolute atomic E-state index is 0. The van der Waals surface area contributed by atoms with Gasteiger partial charge >= 0.3 is 0 Å². The van der Waals surface area contributed by atoms with Gasteiger partial charge in [0.05, 0.1) is 12.2 Å². The molecule has 0 aromatic heterocycles. The first kappa shape index (κ1) is 12.8. The Hall–Kier alpha value is -1.24. The molecule has 1 aromatic carbocycles. The zero-order valence-electron chi connectivity index (χ0n) is 7.77. The molecule has 76 valence electrons. The van der Waals surface area contributed by atoms with Crippen molar-refractivity contribution in [1.82, 2.24) is 0 Å². The molecule has 0 aliphatic heterocycles. The number of hydrogen-bond acceptors (Lipinski definition) is 3. The summed E-state index contributed by atoms with van der Waals surface area (Å²) in [5.74, 6) is 0.637. The van der Waals surface area contributed by atoms with E-state index in [-0.39, 0.29) is 12.4 Å². The molecule has 3 nitrogen and oxygen atoms in total. The Balaban J connectivity index is 0.00000169. The lowest BCUT2D eigenvalue weighted by Gasteiger charge is -2.05. The van der Waals surface area contributed by atoms with E-state index in [1.165, 1.54) is 0 Å². The fourth-order valence-corrected chi connectivity index (χ4v) is 0.950. The molecule has 2 N–H and O–H groups in total. The van der Waals surface area contributed by atoms with Crippen LogP contribution in [0.5, 0.6) is 5.75 Å². The van der Waals surface area contributed by atoms with Crippen LogP contribution in [-0.4, -0.2) is 13.2 Å². The standard InChI is InChI=1S/C10H12N2O.ClH/c11-6-3-7-13-10-5-2-1-4-9(10)8-12;/h1-2,4-5H,3,6-7,11H2;1H. The lowest BCUT2D eigenvalue weighted by Crippen LogP contribution is -2.06. The van der Waals surface area contributed by atoms with Gasteiger partial charge in [0, 0.05) is 0 Å². The van der Waals surface area contributed by atoms with Gasteiger partial charge in [-0.15, -0.1) is 12.4 Å². The minimum Gasteiger partial charge on any atom is -0.492 e. The maximum atomic E-state index is 8.72. The molecule has 0 radical (unpaired) electrons. The van der Waals surface area contributed by atoms with E-state index in [2.05, 4.69) is 6.07 Å². The highest BCUT2D eigenvalue weighted by molar-refractivity contribution is 5.85. The van der Waals surface area contributed by atoms with Crippen LogP contribution in [0, 0.1) is 11.3 Å². The van der Waals surface area contributed by atoms with Crippen molar-refractivity contribution in [3.8, 4) is 11.8 Å². The van der Waals surface area contributed by atoms with Crippen LogP contribution in [-0.2, 0) is 0 Å². The normalized spacial score (nSPS) is 8.57. The zero-order valence-corrected chi connectivity index (χ0v) is 8.59. The monoisotopic (exact) mass is 212 g/mol. The molecule has 0 saturated heterocycles.